The van der Waals surface area contributed by atoms with Crippen molar-refractivity contribution in [3.63, 3.8) is 0 Å². The van der Waals surface area contributed by atoms with Crippen molar-refractivity contribution in [3.05, 3.63) is 0 Å². The summed E-state index contributed by atoms with van der Waals surface area (Å²) in [6.07, 6.45) is 2.44. The van der Waals surface area contributed by atoms with Gasteiger partial charge < -0.3 is 10.4 Å². The highest BCUT2D eigenvalue weighted by atomic mass is 32.2. The van der Waals surface area contributed by atoms with Crippen LogP contribution in [-0.4, -0.2) is 44.1 Å². The molecule has 0 heterocycles. The third-order valence-corrected chi connectivity index (χ3v) is 2.85. The van der Waals surface area contributed by atoms with Gasteiger partial charge in [-0.15, -0.1) is 0 Å². The van der Waals surface area contributed by atoms with Gasteiger partial charge in [0, 0.05) is 25.3 Å². The number of hydrogen-bond donors (Lipinski definition) is 2. The number of carbonyl (C=O) groups excluding carboxylic acids is 1. The number of hydrogen-bond acceptors (Lipinski definition) is 4. The Hall–Kier alpha value is -0.620. The highest BCUT2D eigenvalue weighted by molar-refractivity contribution is 7.90. The van der Waals surface area contributed by atoms with E-state index in [4.69, 9.17) is 5.11 Å². The molecule has 1 amide bonds. The first-order valence-corrected chi connectivity index (χ1v) is 6.99. The number of sulfone groups is 1. The molecule has 0 aromatic rings. The van der Waals surface area contributed by atoms with Gasteiger partial charge in [0.1, 0.15) is 9.84 Å². The number of rotatable bonds is 7. The molecule has 1 unspecified atom stereocenters. The molecule has 0 bridgehead atoms. The number of aliphatic hydroxyl groups is 1. The Balaban J connectivity index is 3.74. The molecule has 2 N–H and O–H groups in total. The fourth-order valence-electron chi connectivity index (χ4n) is 1.09. The van der Waals surface area contributed by atoms with E-state index in [-0.39, 0.29) is 30.7 Å². The fraction of sp³-hybridized carbons (Fsp3) is 0.889. The van der Waals surface area contributed by atoms with Crippen molar-refractivity contribution in [1.82, 2.24) is 5.32 Å². The number of aliphatic hydroxyl groups excluding tert-OH is 1. The van der Waals surface area contributed by atoms with Gasteiger partial charge in [0.15, 0.2) is 0 Å². The Morgan fingerprint density at radius 2 is 2.07 bits per heavy atom. The molecule has 0 saturated heterocycles. The van der Waals surface area contributed by atoms with E-state index in [1.165, 1.54) is 0 Å². The Morgan fingerprint density at radius 1 is 1.47 bits per heavy atom. The first-order chi connectivity index (χ1) is 6.85. The molecule has 5 nitrogen and oxygen atoms in total. The van der Waals surface area contributed by atoms with E-state index < -0.39 is 9.84 Å². The van der Waals surface area contributed by atoms with Crippen molar-refractivity contribution in [2.75, 3.05) is 18.6 Å². The van der Waals surface area contributed by atoms with Crippen molar-refractivity contribution in [2.45, 2.75) is 32.2 Å². The van der Waals surface area contributed by atoms with Crippen LogP contribution >= 0.6 is 0 Å². The molecule has 0 aliphatic carbocycles. The highest BCUT2D eigenvalue weighted by Crippen LogP contribution is 1.96. The van der Waals surface area contributed by atoms with E-state index in [1.807, 2.05) is 6.92 Å². The van der Waals surface area contributed by atoms with Gasteiger partial charge in [-0.2, -0.15) is 0 Å². The summed E-state index contributed by atoms with van der Waals surface area (Å²) in [5.74, 6) is -0.378. The molecular weight excluding hydrogens is 218 g/mol. The second-order valence-electron chi connectivity index (χ2n) is 3.71. The third-order valence-electron chi connectivity index (χ3n) is 1.90. The number of nitrogens with one attached hydrogen (secondary N) is 1. The number of carbonyl (C=O) groups is 1. The lowest BCUT2D eigenvalue weighted by Crippen LogP contribution is -2.33. The largest absolute Gasteiger partial charge is 0.396 e. The number of amides is 1. The van der Waals surface area contributed by atoms with Crippen LogP contribution in [0.5, 0.6) is 0 Å². The van der Waals surface area contributed by atoms with Crippen LogP contribution in [0.15, 0.2) is 0 Å². The average Bonchev–Trinajstić information content (AvgIpc) is 2.10. The summed E-state index contributed by atoms with van der Waals surface area (Å²) >= 11 is 0. The van der Waals surface area contributed by atoms with Crippen molar-refractivity contribution in [2.24, 2.45) is 0 Å². The topological polar surface area (TPSA) is 83.5 Å². The van der Waals surface area contributed by atoms with Crippen LogP contribution in [0.1, 0.15) is 26.2 Å². The quantitative estimate of drug-likeness (QED) is 0.636. The molecule has 0 saturated carbocycles. The van der Waals surface area contributed by atoms with Gasteiger partial charge in [-0.3, -0.25) is 4.79 Å². The summed E-state index contributed by atoms with van der Waals surface area (Å²) in [5.41, 5.74) is 0. The molecule has 0 radical (unpaired) electrons. The van der Waals surface area contributed by atoms with Crippen LogP contribution in [-0.2, 0) is 14.6 Å². The lowest BCUT2D eigenvalue weighted by atomic mass is 10.2. The van der Waals surface area contributed by atoms with E-state index in [2.05, 4.69) is 5.32 Å². The molecule has 0 rings (SSSR count). The summed E-state index contributed by atoms with van der Waals surface area (Å²) in [7, 11) is -3.07. The van der Waals surface area contributed by atoms with Crippen molar-refractivity contribution in [3.8, 4) is 0 Å². The fourth-order valence-corrected chi connectivity index (χ4v) is 1.65. The van der Waals surface area contributed by atoms with Crippen molar-refractivity contribution in [1.29, 1.82) is 0 Å². The molecule has 0 fully saturated rings. The summed E-state index contributed by atoms with van der Waals surface area (Å²) in [6, 6.07) is -0.0239. The summed E-state index contributed by atoms with van der Waals surface area (Å²) in [4.78, 5) is 11.2. The Bertz CT molecular complexity index is 286. The van der Waals surface area contributed by atoms with Crippen LogP contribution in [0.2, 0.25) is 0 Å². The Morgan fingerprint density at radius 3 is 2.53 bits per heavy atom. The van der Waals surface area contributed by atoms with Crippen LogP contribution in [0.3, 0.4) is 0 Å². The maximum Gasteiger partial charge on any atom is 0.221 e. The lowest BCUT2D eigenvalue weighted by molar-refractivity contribution is -0.121. The van der Waals surface area contributed by atoms with Gasteiger partial charge in [0.25, 0.3) is 0 Å². The smallest absolute Gasteiger partial charge is 0.221 e. The maximum absolute atomic E-state index is 11.2. The van der Waals surface area contributed by atoms with E-state index in [0.717, 1.165) is 6.26 Å². The molecule has 90 valence electrons. The zero-order valence-electron chi connectivity index (χ0n) is 9.19. The first kappa shape index (κ1) is 14.4. The molecule has 0 aliphatic heterocycles. The van der Waals surface area contributed by atoms with Crippen LogP contribution in [0.4, 0.5) is 0 Å². The zero-order chi connectivity index (χ0) is 11.9. The van der Waals surface area contributed by atoms with Crippen molar-refractivity contribution >= 4 is 15.7 Å². The second-order valence-corrected chi connectivity index (χ2v) is 5.97. The summed E-state index contributed by atoms with van der Waals surface area (Å²) < 4.78 is 21.6. The summed E-state index contributed by atoms with van der Waals surface area (Å²) in [5, 5.41) is 11.2. The first-order valence-electron chi connectivity index (χ1n) is 4.93. The standard InChI is InChI=1S/C9H19NO4S/c1-8(4-3-6-11)10-9(12)5-7-15(2,13)14/h8,11H,3-7H2,1-2H3,(H,10,12). The zero-order valence-corrected chi connectivity index (χ0v) is 10.0. The molecule has 0 spiro atoms. The van der Waals surface area contributed by atoms with Gasteiger partial charge in [-0.1, -0.05) is 0 Å². The SMILES string of the molecule is CC(CCCO)NC(=O)CCS(C)(=O)=O. The van der Waals surface area contributed by atoms with Crippen LogP contribution < -0.4 is 5.32 Å². The highest BCUT2D eigenvalue weighted by Gasteiger charge is 2.10. The van der Waals surface area contributed by atoms with E-state index in [1.54, 1.807) is 0 Å². The van der Waals surface area contributed by atoms with Crippen LogP contribution in [0, 0.1) is 0 Å². The van der Waals surface area contributed by atoms with E-state index in [0.29, 0.717) is 12.8 Å². The third kappa shape index (κ3) is 9.68. The van der Waals surface area contributed by atoms with Gasteiger partial charge >= 0.3 is 0 Å². The van der Waals surface area contributed by atoms with Gasteiger partial charge in [0.05, 0.1) is 5.75 Å². The molecule has 15 heavy (non-hydrogen) atoms. The lowest BCUT2D eigenvalue weighted by Gasteiger charge is -2.12. The molecule has 6 heteroatoms. The maximum atomic E-state index is 11.2. The predicted octanol–water partition coefficient (Wildman–Crippen LogP) is -0.302. The second kappa shape index (κ2) is 6.79. The van der Waals surface area contributed by atoms with Gasteiger partial charge in [0.2, 0.25) is 5.91 Å². The van der Waals surface area contributed by atoms with Crippen molar-refractivity contribution < 1.29 is 18.3 Å². The minimum absolute atomic E-state index is 0.00228. The minimum atomic E-state index is -3.07. The van der Waals surface area contributed by atoms with Crippen LogP contribution in [0.25, 0.3) is 0 Å². The molecular formula is C9H19NO4S. The van der Waals surface area contributed by atoms with E-state index in [9.17, 15) is 13.2 Å². The molecule has 0 aromatic heterocycles. The molecule has 0 aromatic carbocycles. The molecule has 1 atom stereocenters. The molecule has 0 aliphatic rings. The normalized spacial score (nSPS) is 13.5. The predicted molar refractivity (Wildman–Crippen MR) is 58.3 cm³/mol. The van der Waals surface area contributed by atoms with Gasteiger partial charge in [-0.05, 0) is 19.8 Å². The van der Waals surface area contributed by atoms with Gasteiger partial charge in [-0.25, -0.2) is 8.42 Å². The Labute approximate surface area is 90.8 Å². The Kier molecular flexibility index (Phi) is 6.51. The average molecular weight is 237 g/mol. The summed E-state index contributed by atoms with van der Waals surface area (Å²) in [6.45, 7) is 1.93. The minimum Gasteiger partial charge on any atom is -0.396 e. The van der Waals surface area contributed by atoms with E-state index >= 15 is 0 Å². The monoisotopic (exact) mass is 237 g/mol.